The molecule has 0 aliphatic heterocycles. The van der Waals surface area contributed by atoms with Gasteiger partial charge in [-0.3, -0.25) is 0 Å². The number of hydrogen-bond acceptors (Lipinski definition) is 8. The van der Waals surface area contributed by atoms with Crippen LogP contribution in [0.5, 0.6) is 0 Å². The molecule has 3 aromatic rings. The molecule has 0 saturated heterocycles. The van der Waals surface area contributed by atoms with E-state index in [2.05, 4.69) is 5.32 Å². The summed E-state index contributed by atoms with van der Waals surface area (Å²) in [6.07, 6.45) is -2.31. The molecule has 1 aromatic heterocycles. The highest BCUT2D eigenvalue weighted by atomic mass is 35.5. The van der Waals surface area contributed by atoms with Crippen LogP contribution in [-0.2, 0) is 27.3 Å². The fourth-order valence-corrected chi connectivity index (χ4v) is 3.77. The van der Waals surface area contributed by atoms with E-state index in [0.29, 0.717) is 16.1 Å². The highest BCUT2D eigenvalue weighted by Gasteiger charge is 2.26. The molecule has 11 heteroatoms. The third-order valence-electron chi connectivity index (χ3n) is 5.36. The highest BCUT2D eigenvalue weighted by Crippen LogP contribution is 2.26. The van der Waals surface area contributed by atoms with E-state index in [1.54, 1.807) is 45.0 Å². The Balaban J connectivity index is 1.71. The predicted octanol–water partition coefficient (Wildman–Crippen LogP) is 4.93. The van der Waals surface area contributed by atoms with Gasteiger partial charge in [-0.15, -0.1) is 0 Å². The Kier molecular flexibility index (Phi) is 9.35. The van der Waals surface area contributed by atoms with Gasteiger partial charge in [0.1, 0.15) is 11.4 Å². The number of aliphatic hydroxyl groups is 1. The first-order chi connectivity index (χ1) is 17.8. The lowest BCUT2D eigenvalue weighted by atomic mass is 9.97. The molecule has 0 aliphatic rings. The van der Waals surface area contributed by atoms with E-state index in [4.69, 9.17) is 29.9 Å². The molecule has 1 heterocycles. The maximum absolute atomic E-state index is 14.2. The minimum Gasteiger partial charge on any atom is -0.455 e. The number of carbonyl (C=O) groups excluding carboxylic acids is 2. The molecule has 0 aliphatic carbocycles. The second-order valence-corrected chi connectivity index (χ2v) is 10.1. The molecular weight excluding hydrogens is 521 g/mol. The summed E-state index contributed by atoms with van der Waals surface area (Å²) in [5.41, 5.74) is 0.930. The van der Waals surface area contributed by atoms with Gasteiger partial charge in [0.05, 0.1) is 0 Å². The zero-order valence-corrected chi connectivity index (χ0v) is 22.1. The summed E-state index contributed by atoms with van der Waals surface area (Å²) >= 11 is 6.00. The smallest absolute Gasteiger partial charge is 0.455 e. The van der Waals surface area contributed by atoms with Gasteiger partial charge in [0.25, 0.3) is 0 Å². The van der Waals surface area contributed by atoms with Crippen molar-refractivity contribution in [3.05, 3.63) is 81.0 Å². The zero-order chi connectivity index (χ0) is 28.0. The number of esters is 1. The van der Waals surface area contributed by atoms with Crippen LogP contribution >= 0.6 is 11.6 Å². The molecule has 38 heavy (non-hydrogen) atoms. The van der Waals surface area contributed by atoms with Gasteiger partial charge in [-0.25, -0.2) is 18.8 Å². The number of aryl methyl sites for hydroxylation is 1. The summed E-state index contributed by atoms with van der Waals surface area (Å²) in [6, 6.07) is 10.5. The normalized spacial score (nSPS) is 13.0. The monoisotopic (exact) mass is 549 g/mol. The van der Waals surface area contributed by atoms with Crippen LogP contribution < -0.4 is 11.1 Å². The highest BCUT2D eigenvalue weighted by molar-refractivity contribution is 6.30. The van der Waals surface area contributed by atoms with Gasteiger partial charge in [0.2, 0.25) is 0 Å². The number of benzene rings is 2. The number of aliphatic hydroxyl groups excluding tert-OH is 1. The Morgan fingerprint density at radius 2 is 1.82 bits per heavy atom. The number of amides is 1. The van der Waals surface area contributed by atoms with Crippen LogP contribution in [0.4, 0.5) is 9.18 Å². The molecule has 3 rings (SSSR count). The lowest BCUT2D eigenvalue weighted by Crippen LogP contribution is -2.43. The fraction of sp³-hybridized carbons (Fsp3) is 0.370. The van der Waals surface area contributed by atoms with Gasteiger partial charge in [-0.05, 0) is 63.4 Å². The summed E-state index contributed by atoms with van der Waals surface area (Å²) < 4.78 is 34.1. The van der Waals surface area contributed by atoms with Crippen LogP contribution in [0, 0.1) is 12.7 Å². The average molecular weight is 550 g/mol. The van der Waals surface area contributed by atoms with Crippen LogP contribution in [0.15, 0.2) is 56.1 Å². The Morgan fingerprint density at radius 3 is 2.42 bits per heavy atom. The summed E-state index contributed by atoms with van der Waals surface area (Å²) in [5.74, 6) is -2.15. The van der Waals surface area contributed by atoms with Gasteiger partial charge in [-0.1, -0.05) is 35.9 Å². The van der Waals surface area contributed by atoms with E-state index in [0.717, 1.165) is 5.56 Å². The predicted molar refractivity (Wildman–Crippen MR) is 136 cm³/mol. The molecular formula is C27H29ClFNO8. The van der Waals surface area contributed by atoms with E-state index in [-0.39, 0.29) is 24.4 Å². The molecule has 2 N–H and O–H groups in total. The van der Waals surface area contributed by atoms with Crippen molar-refractivity contribution in [3.8, 4) is 11.1 Å². The SMILES string of the molecule is Cc1oc(=O)oc1COC(=O)C(O)CC(Cc1ccc(-c2cc(Cl)ccc2F)cc1)NC(=O)OC(C)(C)C. The third kappa shape index (κ3) is 8.46. The number of rotatable bonds is 9. The van der Waals surface area contributed by atoms with Crippen LogP contribution in [0.3, 0.4) is 0 Å². The molecule has 9 nitrogen and oxygen atoms in total. The minimum atomic E-state index is -1.60. The lowest BCUT2D eigenvalue weighted by molar-refractivity contribution is -0.156. The van der Waals surface area contributed by atoms with Crippen molar-refractivity contribution < 1.29 is 37.4 Å². The van der Waals surface area contributed by atoms with E-state index >= 15 is 0 Å². The van der Waals surface area contributed by atoms with Gasteiger partial charge < -0.3 is 28.7 Å². The Morgan fingerprint density at radius 1 is 1.13 bits per heavy atom. The van der Waals surface area contributed by atoms with Crippen molar-refractivity contribution in [2.24, 2.45) is 0 Å². The summed E-state index contributed by atoms with van der Waals surface area (Å²) in [5, 5.41) is 13.6. The summed E-state index contributed by atoms with van der Waals surface area (Å²) in [7, 11) is 0. The van der Waals surface area contributed by atoms with Gasteiger partial charge in [0.15, 0.2) is 24.2 Å². The second-order valence-electron chi connectivity index (χ2n) is 9.66. The molecule has 204 valence electrons. The Bertz CT molecular complexity index is 1330. The molecule has 2 unspecified atom stereocenters. The van der Waals surface area contributed by atoms with Crippen molar-refractivity contribution >= 4 is 23.7 Å². The molecule has 0 fully saturated rings. The average Bonchev–Trinajstić information content (AvgIpc) is 3.14. The van der Waals surface area contributed by atoms with E-state index in [9.17, 15) is 23.9 Å². The van der Waals surface area contributed by atoms with Crippen LogP contribution in [0.2, 0.25) is 5.02 Å². The van der Waals surface area contributed by atoms with E-state index < -0.39 is 48.1 Å². The van der Waals surface area contributed by atoms with Gasteiger partial charge in [0, 0.05) is 23.0 Å². The van der Waals surface area contributed by atoms with Crippen molar-refractivity contribution in [3.63, 3.8) is 0 Å². The summed E-state index contributed by atoms with van der Waals surface area (Å²) in [4.78, 5) is 36.0. The maximum atomic E-state index is 14.2. The minimum absolute atomic E-state index is 0.0233. The maximum Gasteiger partial charge on any atom is 0.519 e. The number of halogens is 2. The van der Waals surface area contributed by atoms with Crippen molar-refractivity contribution in [1.82, 2.24) is 5.32 Å². The van der Waals surface area contributed by atoms with Crippen LogP contribution in [0.25, 0.3) is 11.1 Å². The summed E-state index contributed by atoms with van der Waals surface area (Å²) in [6.45, 7) is 6.18. The van der Waals surface area contributed by atoms with Crippen molar-refractivity contribution in [2.75, 3.05) is 0 Å². The van der Waals surface area contributed by atoms with Crippen LogP contribution in [0.1, 0.15) is 44.3 Å². The number of nitrogens with one attached hydrogen (secondary N) is 1. The topological polar surface area (TPSA) is 128 Å². The third-order valence-corrected chi connectivity index (χ3v) is 5.59. The van der Waals surface area contributed by atoms with Crippen molar-refractivity contribution in [2.45, 2.75) is 64.9 Å². The molecule has 0 saturated carbocycles. The van der Waals surface area contributed by atoms with E-state index in [1.165, 1.54) is 25.1 Å². The molecule has 0 radical (unpaired) electrons. The fourth-order valence-electron chi connectivity index (χ4n) is 3.60. The van der Waals surface area contributed by atoms with Crippen molar-refractivity contribution in [1.29, 1.82) is 0 Å². The van der Waals surface area contributed by atoms with E-state index in [1.807, 2.05) is 0 Å². The van der Waals surface area contributed by atoms with Gasteiger partial charge in [-0.2, -0.15) is 0 Å². The lowest BCUT2D eigenvalue weighted by Gasteiger charge is -2.25. The zero-order valence-electron chi connectivity index (χ0n) is 21.4. The standard InChI is InChI=1S/C27H29ClFNO8/c1-15-23(37-26(34)36-15)14-35-24(32)22(31)13-19(30-25(33)38-27(2,3)4)11-16-5-7-17(8-6-16)20-12-18(28)9-10-21(20)29/h5-10,12,19,22,31H,11,13-14H2,1-4H3,(H,30,33). The Hall–Kier alpha value is -3.63. The number of hydrogen-bond donors (Lipinski definition) is 2. The molecule has 1 amide bonds. The quantitative estimate of drug-likeness (QED) is 0.359. The first kappa shape index (κ1) is 28.9. The van der Waals surface area contributed by atoms with Gasteiger partial charge >= 0.3 is 17.9 Å². The largest absolute Gasteiger partial charge is 0.519 e. The first-order valence-electron chi connectivity index (χ1n) is 11.8. The Labute approximate surface area is 223 Å². The number of alkyl carbamates (subject to hydrolysis) is 1. The molecule has 2 aromatic carbocycles. The number of carbonyl (C=O) groups is 2. The molecule has 0 bridgehead atoms. The number of ether oxygens (including phenoxy) is 2. The van der Waals surface area contributed by atoms with Crippen LogP contribution in [-0.4, -0.2) is 34.9 Å². The second kappa shape index (κ2) is 12.3. The first-order valence-corrected chi connectivity index (χ1v) is 12.2. The molecule has 2 atom stereocenters. The molecule has 0 spiro atoms.